The normalized spacial score (nSPS) is 10.2. The van der Waals surface area contributed by atoms with E-state index < -0.39 is 11.7 Å². The molecule has 1 heterocycles. The Bertz CT molecular complexity index is 1060. The van der Waals surface area contributed by atoms with E-state index in [1.165, 1.54) is 26.3 Å². The zero-order valence-corrected chi connectivity index (χ0v) is 15.8. The largest absolute Gasteiger partial charge is 0.495 e. The predicted molar refractivity (Wildman–Crippen MR) is 109 cm³/mol. The molecule has 0 fully saturated rings. The van der Waals surface area contributed by atoms with Gasteiger partial charge in [-0.05, 0) is 42.5 Å². The first kappa shape index (κ1) is 19.8. The number of anilines is 4. The Hall–Kier alpha value is -3.94. The molecule has 2 amide bonds. The number of rotatable bonds is 6. The summed E-state index contributed by atoms with van der Waals surface area (Å²) in [5.74, 6) is -0.502. The van der Waals surface area contributed by atoms with Crippen LogP contribution in [0.25, 0.3) is 0 Å². The molecular formula is C21H19FN4O3. The molecule has 3 aromatic rings. The van der Waals surface area contributed by atoms with Gasteiger partial charge in [0.1, 0.15) is 17.4 Å². The van der Waals surface area contributed by atoms with Gasteiger partial charge in [-0.2, -0.15) is 0 Å². The number of amides is 2. The third-order valence-corrected chi connectivity index (χ3v) is 3.95. The molecule has 0 atom stereocenters. The van der Waals surface area contributed by atoms with Crippen LogP contribution in [0.15, 0.2) is 60.8 Å². The lowest BCUT2D eigenvalue weighted by atomic mass is 10.2. The van der Waals surface area contributed by atoms with Crippen molar-refractivity contribution in [1.29, 1.82) is 0 Å². The number of nitrogens with one attached hydrogen (secondary N) is 3. The highest BCUT2D eigenvalue weighted by Gasteiger charge is 2.15. The SMILES string of the molecule is COc1ccc(NC(=O)c2cccnc2Nc2ccccc2F)cc1NC(C)=O. The maximum absolute atomic E-state index is 13.9. The quantitative estimate of drug-likeness (QED) is 0.583. The second kappa shape index (κ2) is 8.83. The molecule has 0 saturated carbocycles. The summed E-state index contributed by atoms with van der Waals surface area (Å²) in [7, 11) is 1.48. The topological polar surface area (TPSA) is 92.3 Å². The number of ether oxygens (including phenoxy) is 1. The number of pyridine rings is 1. The van der Waals surface area contributed by atoms with E-state index in [4.69, 9.17) is 4.74 Å². The Morgan fingerprint density at radius 1 is 1.00 bits per heavy atom. The summed E-state index contributed by atoms with van der Waals surface area (Å²) in [5.41, 5.74) is 1.30. The Labute approximate surface area is 166 Å². The number of methoxy groups -OCH3 is 1. The van der Waals surface area contributed by atoms with Crippen LogP contribution >= 0.6 is 0 Å². The van der Waals surface area contributed by atoms with Crippen LogP contribution in [-0.4, -0.2) is 23.9 Å². The first-order valence-electron chi connectivity index (χ1n) is 8.71. The zero-order chi connectivity index (χ0) is 20.8. The minimum absolute atomic E-state index is 0.206. The van der Waals surface area contributed by atoms with E-state index in [0.717, 1.165) is 0 Å². The molecule has 0 aliphatic heterocycles. The summed E-state index contributed by atoms with van der Waals surface area (Å²) in [5, 5.41) is 8.23. The fourth-order valence-corrected chi connectivity index (χ4v) is 2.65. The van der Waals surface area contributed by atoms with Gasteiger partial charge in [0.2, 0.25) is 5.91 Å². The standard InChI is InChI=1S/C21H19FN4O3/c1-13(27)24-18-12-14(9-10-19(18)29-2)25-21(28)15-6-5-11-23-20(15)26-17-8-4-3-7-16(17)22/h3-12H,1-2H3,(H,23,26)(H,24,27)(H,25,28). The number of carbonyl (C=O) groups is 2. The van der Waals surface area contributed by atoms with Crippen molar-refractivity contribution in [1.82, 2.24) is 4.98 Å². The number of halogens is 1. The van der Waals surface area contributed by atoms with Crippen LogP contribution in [0.2, 0.25) is 0 Å². The molecule has 0 spiro atoms. The van der Waals surface area contributed by atoms with Gasteiger partial charge in [0.25, 0.3) is 5.91 Å². The third kappa shape index (κ3) is 4.86. The number of para-hydroxylation sites is 1. The summed E-state index contributed by atoms with van der Waals surface area (Å²) in [6.45, 7) is 1.38. The molecule has 8 heteroatoms. The zero-order valence-electron chi connectivity index (χ0n) is 15.8. The van der Waals surface area contributed by atoms with Crippen LogP contribution in [0.4, 0.5) is 27.3 Å². The van der Waals surface area contributed by atoms with E-state index in [1.54, 1.807) is 48.5 Å². The predicted octanol–water partition coefficient (Wildman–Crippen LogP) is 4.18. The Balaban J connectivity index is 1.85. The maximum atomic E-state index is 13.9. The van der Waals surface area contributed by atoms with Gasteiger partial charge >= 0.3 is 0 Å². The molecule has 0 aliphatic carbocycles. The molecular weight excluding hydrogens is 375 g/mol. The lowest BCUT2D eigenvalue weighted by Gasteiger charge is -2.14. The van der Waals surface area contributed by atoms with Crippen LogP contribution in [0.5, 0.6) is 5.75 Å². The lowest BCUT2D eigenvalue weighted by molar-refractivity contribution is -0.114. The van der Waals surface area contributed by atoms with Gasteiger partial charge in [-0.15, -0.1) is 0 Å². The third-order valence-electron chi connectivity index (χ3n) is 3.95. The monoisotopic (exact) mass is 394 g/mol. The van der Waals surface area contributed by atoms with E-state index in [9.17, 15) is 14.0 Å². The summed E-state index contributed by atoms with van der Waals surface area (Å²) in [6.07, 6.45) is 1.50. The van der Waals surface area contributed by atoms with E-state index >= 15 is 0 Å². The number of hydrogen-bond acceptors (Lipinski definition) is 5. The van der Waals surface area contributed by atoms with Gasteiger partial charge in [-0.1, -0.05) is 12.1 Å². The van der Waals surface area contributed by atoms with Gasteiger partial charge < -0.3 is 20.7 Å². The van der Waals surface area contributed by atoms with Crippen molar-refractivity contribution in [3.63, 3.8) is 0 Å². The fourth-order valence-electron chi connectivity index (χ4n) is 2.65. The number of benzene rings is 2. The van der Waals surface area contributed by atoms with Crippen LogP contribution in [0, 0.1) is 5.82 Å². The number of aromatic nitrogens is 1. The maximum Gasteiger partial charge on any atom is 0.259 e. The van der Waals surface area contributed by atoms with Crippen LogP contribution in [-0.2, 0) is 4.79 Å². The summed E-state index contributed by atoms with van der Waals surface area (Å²) in [4.78, 5) is 28.3. The molecule has 3 rings (SSSR count). The van der Waals surface area contributed by atoms with Crippen molar-refractivity contribution in [2.45, 2.75) is 6.92 Å². The highest BCUT2D eigenvalue weighted by molar-refractivity contribution is 6.08. The first-order valence-corrected chi connectivity index (χ1v) is 8.71. The van der Waals surface area contributed by atoms with Crippen molar-refractivity contribution in [3.8, 4) is 5.75 Å². The van der Waals surface area contributed by atoms with E-state index in [2.05, 4.69) is 20.9 Å². The van der Waals surface area contributed by atoms with E-state index in [0.29, 0.717) is 17.1 Å². The number of hydrogen-bond donors (Lipinski definition) is 3. The highest BCUT2D eigenvalue weighted by Crippen LogP contribution is 2.28. The lowest BCUT2D eigenvalue weighted by Crippen LogP contribution is -2.15. The second-order valence-corrected chi connectivity index (χ2v) is 6.05. The molecule has 7 nitrogen and oxygen atoms in total. The van der Waals surface area contributed by atoms with Crippen LogP contribution in [0.1, 0.15) is 17.3 Å². The van der Waals surface area contributed by atoms with Gasteiger partial charge in [-0.25, -0.2) is 9.37 Å². The van der Waals surface area contributed by atoms with E-state index in [-0.39, 0.29) is 23.0 Å². The summed E-state index contributed by atoms with van der Waals surface area (Å²) in [6, 6.07) is 14.1. The van der Waals surface area contributed by atoms with Crippen molar-refractivity contribution >= 4 is 34.7 Å². The Morgan fingerprint density at radius 3 is 2.52 bits per heavy atom. The van der Waals surface area contributed by atoms with E-state index in [1.807, 2.05) is 0 Å². The number of nitrogens with zero attached hydrogens (tertiary/aromatic N) is 1. The molecule has 1 aromatic heterocycles. The Morgan fingerprint density at radius 2 is 1.79 bits per heavy atom. The molecule has 148 valence electrons. The second-order valence-electron chi connectivity index (χ2n) is 6.05. The van der Waals surface area contributed by atoms with Crippen molar-refractivity contribution in [2.75, 3.05) is 23.1 Å². The molecule has 3 N–H and O–H groups in total. The first-order chi connectivity index (χ1) is 14.0. The van der Waals surface area contributed by atoms with Gasteiger partial charge in [0.15, 0.2) is 0 Å². The molecule has 29 heavy (non-hydrogen) atoms. The molecule has 0 bridgehead atoms. The van der Waals surface area contributed by atoms with Crippen LogP contribution < -0.4 is 20.7 Å². The molecule has 0 unspecified atom stereocenters. The van der Waals surface area contributed by atoms with Gasteiger partial charge in [-0.3, -0.25) is 9.59 Å². The van der Waals surface area contributed by atoms with Crippen LogP contribution in [0.3, 0.4) is 0 Å². The molecule has 0 aliphatic rings. The fraction of sp³-hybridized carbons (Fsp3) is 0.0952. The average Bonchev–Trinajstić information content (AvgIpc) is 2.70. The molecule has 2 aromatic carbocycles. The van der Waals surface area contributed by atoms with Crippen molar-refractivity contribution in [3.05, 3.63) is 72.2 Å². The van der Waals surface area contributed by atoms with Gasteiger partial charge in [0, 0.05) is 18.8 Å². The highest BCUT2D eigenvalue weighted by atomic mass is 19.1. The number of carbonyl (C=O) groups excluding carboxylic acids is 2. The van der Waals surface area contributed by atoms with Crippen molar-refractivity contribution in [2.24, 2.45) is 0 Å². The Kier molecular flexibility index (Phi) is 6.03. The minimum atomic E-state index is -0.459. The molecule has 0 radical (unpaired) electrons. The molecule has 0 saturated heterocycles. The smallest absolute Gasteiger partial charge is 0.259 e. The van der Waals surface area contributed by atoms with Crippen molar-refractivity contribution < 1.29 is 18.7 Å². The summed E-state index contributed by atoms with van der Waals surface area (Å²) >= 11 is 0. The summed E-state index contributed by atoms with van der Waals surface area (Å²) < 4.78 is 19.1. The minimum Gasteiger partial charge on any atom is -0.495 e. The average molecular weight is 394 g/mol. The van der Waals surface area contributed by atoms with Gasteiger partial charge in [0.05, 0.1) is 24.0 Å².